The molecule has 0 bridgehead atoms. The zero-order chi connectivity index (χ0) is 12.4. The molecule has 2 unspecified atom stereocenters. The average molecular weight is 244 g/mol. The molecule has 1 aliphatic rings. The van der Waals surface area contributed by atoms with E-state index in [0.717, 1.165) is 19.3 Å². The van der Waals surface area contributed by atoms with Crippen LogP contribution in [0.5, 0.6) is 0 Å². The molecule has 0 radical (unpaired) electrons. The van der Waals surface area contributed by atoms with Gasteiger partial charge in [-0.3, -0.25) is 0 Å². The van der Waals surface area contributed by atoms with Gasteiger partial charge < -0.3 is 5.32 Å². The Hall–Kier alpha value is -0.600. The molecular formula is C11H20N2O2S. The number of nitrogens with one attached hydrogen (secondary N) is 1. The lowest BCUT2D eigenvalue weighted by molar-refractivity contribution is 0.400. The topological polar surface area (TPSA) is 70.0 Å². The SMILES string of the molecule is CC(C)(C#N)CNC1CCCC1S(C)(=O)=O. The van der Waals surface area contributed by atoms with Crippen LogP contribution in [-0.2, 0) is 9.84 Å². The van der Waals surface area contributed by atoms with E-state index in [4.69, 9.17) is 5.26 Å². The minimum Gasteiger partial charge on any atom is -0.311 e. The van der Waals surface area contributed by atoms with Gasteiger partial charge in [-0.05, 0) is 26.7 Å². The molecule has 0 aromatic rings. The Bertz CT molecular complexity index is 381. The summed E-state index contributed by atoms with van der Waals surface area (Å²) >= 11 is 0. The molecule has 0 aliphatic heterocycles. The van der Waals surface area contributed by atoms with E-state index >= 15 is 0 Å². The maximum Gasteiger partial charge on any atom is 0.151 e. The van der Waals surface area contributed by atoms with Crippen molar-refractivity contribution in [1.82, 2.24) is 5.32 Å². The first kappa shape index (κ1) is 13.5. The van der Waals surface area contributed by atoms with Gasteiger partial charge in [0.2, 0.25) is 0 Å². The largest absolute Gasteiger partial charge is 0.311 e. The van der Waals surface area contributed by atoms with Gasteiger partial charge in [0.25, 0.3) is 0 Å². The van der Waals surface area contributed by atoms with Gasteiger partial charge in [0.15, 0.2) is 9.84 Å². The summed E-state index contributed by atoms with van der Waals surface area (Å²) in [5, 5.41) is 11.8. The second kappa shape index (κ2) is 4.72. The number of hydrogen-bond donors (Lipinski definition) is 1. The van der Waals surface area contributed by atoms with Crippen LogP contribution in [0.2, 0.25) is 0 Å². The molecule has 0 saturated heterocycles. The lowest BCUT2D eigenvalue weighted by Gasteiger charge is -2.23. The van der Waals surface area contributed by atoms with Crippen LogP contribution in [0.4, 0.5) is 0 Å². The summed E-state index contributed by atoms with van der Waals surface area (Å²) < 4.78 is 23.1. The summed E-state index contributed by atoms with van der Waals surface area (Å²) in [6.45, 7) is 4.25. The molecule has 4 nitrogen and oxygen atoms in total. The summed E-state index contributed by atoms with van der Waals surface area (Å²) in [6.07, 6.45) is 3.87. The highest BCUT2D eigenvalue weighted by Gasteiger charge is 2.35. The Labute approximate surface area is 98.0 Å². The molecule has 1 fully saturated rings. The van der Waals surface area contributed by atoms with Gasteiger partial charge in [0.05, 0.1) is 16.7 Å². The molecule has 5 heteroatoms. The Morgan fingerprint density at radius 1 is 1.44 bits per heavy atom. The Kier molecular flexibility index (Phi) is 3.97. The number of nitrogens with zero attached hydrogens (tertiary/aromatic N) is 1. The average Bonchev–Trinajstić information content (AvgIpc) is 2.62. The fraction of sp³-hybridized carbons (Fsp3) is 0.909. The van der Waals surface area contributed by atoms with Crippen LogP contribution in [0.15, 0.2) is 0 Å². The number of rotatable bonds is 4. The summed E-state index contributed by atoms with van der Waals surface area (Å²) in [6, 6.07) is 2.22. The standard InChI is InChI=1S/C11H20N2O2S/c1-11(2,7-12)8-13-9-5-4-6-10(9)16(3,14)15/h9-10,13H,4-6,8H2,1-3H3. The molecule has 2 atom stereocenters. The molecule has 1 saturated carbocycles. The van der Waals surface area contributed by atoms with Gasteiger partial charge in [-0.25, -0.2) is 8.42 Å². The highest BCUT2D eigenvalue weighted by atomic mass is 32.2. The maximum absolute atomic E-state index is 11.5. The molecule has 0 amide bonds. The van der Waals surface area contributed by atoms with E-state index in [1.807, 2.05) is 13.8 Å². The highest BCUT2D eigenvalue weighted by molar-refractivity contribution is 7.91. The van der Waals surface area contributed by atoms with Crippen LogP contribution in [0.25, 0.3) is 0 Å². The molecule has 0 spiro atoms. The van der Waals surface area contributed by atoms with E-state index in [-0.39, 0.29) is 11.3 Å². The van der Waals surface area contributed by atoms with Gasteiger partial charge >= 0.3 is 0 Å². The first-order chi connectivity index (χ1) is 7.26. The van der Waals surface area contributed by atoms with E-state index in [0.29, 0.717) is 6.54 Å². The molecule has 0 heterocycles. The fourth-order valence-electron chi connectivity index (χ4n) is 2.10. The van der Waals surface area contributed by atoms with Gasteiger partial charge in [-0.2, -0.15) is 5.26 Å². The predicted molar refractivity (Wildman–Crippen MR) is 63.7 cm³/mol. The van der Waals surface area contributed by atoms with Crippen LogP contribution in [0, 0.1) is 16.7 Å². The van der Waals surface area contributed by atoms with Crippen LogP contribution >= 0.6 is 0 Å². The van der Waals surface area contributed by atoms with E-state index < -0.39 is 15.3 Å². The van der Waals surface area contributed by atoms with E-state index in [2.05, 4.69) is 11.4 Å². The van der Waals surface area contributed by atoms with Crippen molar-refractivity contribution >= 4 is 9.84 Å². The summed E-state index contributed by atoms with van der Waals surface area (Å²) in [7, 11) is -2.97. The lowest BCUT2D eigenvalue weighted by Crippen LogP contribution is -2.43. The van der Waals surface area contributed by atoms with Crippen molar-refractivity contribution in [1.29, 1.82) is 5.26 Å². The Morgan fingerprint density at radius 3 is 2.56 bits per heavy atom. The first-order valence-electron chi connectivity index (χ1n) is 5.60. The van der Waals surface area contributed by atoms with Crippen LogP contribution in [0.1, 0.15) is 33.1 Å². The number of sulfone groups is 1. The van der Waals surface area contributed by atoms with Crippen LogP contribution in [-0.4, -0.2) is 32.5 Å². The summed E-state index contributed by atoms with van der Waals surface area (Å²) in [5.41, 5.74) is -0.440. The minimum atomic E-state index is -2.97. The van der Waals surface area contributed by atoms with Crippen molar-refractivity contribution in [3.8, 4) is 6.07 Å². The van der Waals surface area contributed by atoms with Crippen molar-refractivity contribution in [2.45, 2.75) is 44.4 Å². The van der Waals surface area contributed by atoms with E-state index in [9.17, 15) is 8.42 Å². The monoisotopic (exact) mass is 244 g/mol. The van der Waals surface area contributed by atoms with Crippen molar-refractivity contribution in [3.05, 3.63) is 0 Å². The summed E-state index contributed by atoms with van der Waals surface area (Å²) in [5.74, 6) is 0. The third-order valence-corrected chi connectivity index (χ3v) is 4.78. The molecular weight excluding hydrogens is 224 g/mol. The number of hydrogen-bond acceptors (Lipinski definition) is 4. The van der Waals surface area contributed by atoms with Crippen molar-refractivity contribution in [3.63, 3.8) is 0 Å². The molecule has 0 aromatic heterocycles. The lowest BCUT2D eigenvalue weighted by atomic mass is 9.95. The quantitative estimate of drug-likeness (QED) is 0.803. The van der Waals surface area contributed by atoms with E-state index in [1.165, 1.54) is 6.26 Å². The highest BCUT2D eigenvalue weighted by Crippen LogP contribution is 2.25. The van der Waals surface area contributed by atoms with Gasteiger partial charge in [-0.15, -0.1) is 0 Å². The van der Waals surface area contributed by atoms with Gasteiger partial charge in [0, 0.05) is 18.8 Å². The van der Waals surface area contributed by atoms with Crippen LogP contribution < -0.4 is 5.32 Å². The molecule has 1 N–H and O–H groups in total. The zero-order valence-electron chi connectivity index (χ0n) is 10.2. The van der Waals surface area contributed by atoms with Crippen LogP contribution in [0.3, 0.4) is 0 Å². The van der Waals surface area contributed by atoms with Gasteiger partial charge in [0.1, 0.15) is 0 Å². The molecule has 1 rings (SSSR count). The zero-order valence-corrected chi connectivity index (χ0v) is 11.0. The first-order valence-corrected chi connectivity index (χ1v) is 7.55. The Morgan fingerprint density at radius 2 is 2.06 bits per heavy atom. The molecule has 92 valence electrons. The minimum absolute atomic E-state index is 0.0163. The van der Waals surface area contributed by atoms with E-state index in [1.54, 1.807) is 0 Å². The molecule has 16 heavy (non-hydrogen) atoms. The van der Waals surface area contributed by atoms with Crippen molar-refractivity contribution in [2.24, 2.45) is 5.41 Å². The smallest absolute Gasteiger partial charge is 0.151 e. The predicted octanol–water partition coefficient (Wildman–Crippen LogP) is 1.09. The molecule has 1 aliphatic carbocycles. The summed E-state index contributed by atoms with van der Waals surface area (Å²) in [4.78, 5) is 0. The Balaban J connectivity index is 2.59. The second-order valence-corrected chi connectivity index (χ2v) is 7.55. The third kappa shape index (κ3) is 3.46. The number of nitriles is 1. The van der Waals surface area contributed by atoms with Crippen molar-refractivity contribution < 1.29 is 8.42 Å². The maximum atomic E-state index is 11.5. The fourth-order valence-corrected chi connectivity index (χ4v) is 3.52. The second-order valence-electron chi connectivity index (χ2n) is 5.28. The third-order valence-electron chi connectivity index (χ3n) is 3.11. The normalized spacial score (nSPS) is 26.6. The van der Waals surface area contributed by atoms with Gasteiger partial charge in [-0.1, -0.05) is 6.42 Å². The molecule has 0 aromatic carbocycles. The van der Waals surface area contributed by atoms with Crippen molar-refractivity contribution in [2.75, 3.05) is 12.8 Å².